The number of benzene rings is 2. The first-order valence-electron chi connectivity index (χ1n) is 10.6. The third-order valence-electron chi connectivity index (χ3n) is 5.37. The van der Waals surface area contributed by atoms with Crippen molar-refractivity contribution in [2.75, 3.05) is 0 Å². The first kappa shape index (κ1) is 20.7. The molecular weight excluding hydrogens is 390 g/mol. The van der Waals surface area contributed by atoms with Gasteiger partial charge in [0.1, 0.15) is 0 Å². The zero-order valence-electron chi connectivity index (χ0n) is 17.7. The van der Waals surface area contributed by atoms with Crippen LogP contribution in [0.2, 0.25) is 0 Å². The van der Waals surface area contributed by atoms with Crippen molar-refractivity contribution in [1.29, 1.82) is 0 Å². The first-order chi connectivity index (χ1) is 15.2. The third-order valence-corrected chi connectivity index (χ3v) is 5.37. The van der Waals surface area contributed by atoms with Crippen molar-refractivity contribution < 1.29 is 4.79 Å². The number of rotatable bonds is 9. The summed E-state index contributed by atoms with van der Waals surface area (Å²) in [6.45, 7) is 4.33. The minimum Gasteiger partial charge on any atom is -0.352 e. The standard InChI is InChI=1S/C24H27N5O2/c1-2-13-28-21-5-3-4-6-22(21)29(24(28)31)14-11-23(30)26-16-19-7-9-20(10-8-19)17-27-15-12-25-18-27/h3-10,12,15,18H,2,11,13-14,16-17H2,1H3,(H,26,30). The van der Waals surface area contributed by atoms with Gasteiger partial charge in [-0.25, -0.2) is 9.78 Å². The SMILES string of the molecule is CCCn1c(=O)n(CCC(=O)NCc2ccc(Cn3ccnc3)cc2)c2ccccc21. The number of fused-ring (bicyclic) bond motifs is 1. The zero-order valence-corrected chi connectivity index (χ0v) is 17.7. The minimum atomic E-state index is -0.0679. The maximum Gasteiger partial charge on any atom is 0.329 e. The molecule has 160 valence electrons. The average molecular weight is 418 g/mol. The monoisotopic (exact) mass is 417 g/mol. The highest BCUT2D eigenvalue weighted by Crippen LogP contribution is 2.13. The molecule has 0 saturated heterocycles. The van der Waals surface area contributed by atoms with E-state index in [1.54, 1.807) is 21.7 Å². The van der Waals surface area contributed by atoms with E-state index < -0.39 is 0 Å². The maximum absolute atomic E-state index is 12.8. The van der Waals surface area contributed by atoms with Gasteiger partial charge in [0.2, 0.25) is 5.91 Å². The Kier molecular flexibility index (Phi) is 6.31. The van der Waals surface area contributed by atoms with E-state index in [0.717, 1.165) is 29.6 Å². The number of amides is 1. The van der Waals surface area contributed by atoms with E-state index in [2.05, 4.69) is 29.4 Å². The van der Waals surface area contributed by atoms with E-state index >= 15 is 0 Å². The topological polar surface area (TPSA) is 73.8 Å². The number of hydrogen-bond donors (Lipinski definition) is 1. The molecule has 0 unspecified atom stereocenters. The summed E-state index contributed by atoms with van der Waals surface area (Å²) in [6.07, 6.45) is 6.63. The molecule has 4 aromatic rings. The summed E-state index contributed by atoms with van der Waals surface area (Å²) in [6, 6.07) is 15.9. The molecule has 7 nitrogen and oxygen atoms in total. The van der Waals surface area contributed by atoms with Crippen molar-refractivity contribution >= 4 is 16.9 Å². The fourth-order valence-electron chi connectivity index (χ4n) is 3.78. The van der Waals surface area contributed by atoms with Crippen molar-refractivity contribution in [3.8, 4) is 0 Å². The molecule has 0 aliphatic rings. The van der Waals surface area contributed by atoms with E-state index in [1.165, 1.54) is 5.56 Å². The Hall–Kier alpha value is -3.61. The van der Waals surface area contributed by atoms with Gasteiger partial charge in [0.25, 0.3) is 0 Å². The number of nitrogens with one attached hydrogen (secondary N) is 1. The van der Waals surface area contributed by atoms with Crippen LogP contribution in [0.15, 0.2) is 72.0 Å². The van der Waals surface area contributed by atoms with Gasteiger partial charge in [-0.05, 0) is 29.7 Å². The quantitative estimate of drug-likeness (QED) is 0.455. The predicted octanol–water partition coefficient (Wildman–Crippen LogP) is 3.16. The number of carbonyl (C=O) groups excluding carboxylic acids is 1. The molecule has 2 aromatic heterocycles. The summed E-state index contributed by atoms with van der Waals surface area (Å²) >= 11 is 0. The fourth-order valence-corrected chi connectivity index (χ4v) is 3.78. The molecule has 0 radical (unpaired) electrons. The lowest BCUT2D eigenvalue weighted by molar-refractivity contribution is -0.121. The van der Waals surface area contributed by atoms with Gasteiger partial charge < -0.3 is 9.88 Å². The second kappa shape index (κ2) is 9.47. The molecule has 2 heterocycles. The van der Waals surface area contributed by atoms with Crippen LogP contribution < -0.4 is 11.0 Å². The average Bonchev–Trinajstić information content (AvgIpc) is 3.39. The molecule has 0 atom stereocenters. The fraction of sp³-hybridized carbons (Fsp3) is 0.292. The zero-order chi connectivity index (χ0) is 21.6. The molecule has 1 N–H and O–H groups in total. The highest BCUT2D eigenvalue weighted by atomic mass is 16.2. The number of para-hydroxylation sites is 2. The number of carbonyl (C=O) groups is 1. The molecule has 31 heavy (non-hydrogen) atoms. The number of aromatic nitrogens is 4. The van der Waals surface area contributed by atoms with Crippen molar-refractivity contribution in [3.05, 3.63) is 88.9 Å². The Bertz CT molecular complexity index is 1200. The van der Waals surface area contributed by atoms with Gasteiger partial charge in [0.15, 0.2) is 0 Å². The van der Waals surface area contributed by atoms with Crippen LogP contribution in [0, 0.1) is 0 Å². The summed E-state index contributed by atoms with van der Waals surface area (Å²) in [4.78, 5) is 29.3. The molecule has 0 saturated carbocycles. The molecule has 7 heteroatoms. The van der Waals surface area contributed by atoms with Crippen LogP contribution >= 0.6 is 0 Å². The number of hydrogen-bond acceptors (Lipinski definition) is 3. The van der Waals surface area contributed by atoms with Crippen LogP contribution in [0.25, 0.3) is 11.0 Å². The van der Waals surface area contributed by atoms with Gasteiger partial charge in [-0.15, -0.1) is 0 Å². The first-order valence-corrected chi connectivity index (χ1v) is 10.6. The molecule has 0 aliphatic carbocycles. The Morgan fingerprint density at radius 3 is 2.29 bits per heavy atom. The van der Waals surface area contributed by atoms with E-state index in [4.69, 9.17) is 0 Å². The van der Waals surface area contributed by atoms with Crippen molar-refractivity contribution in [2.45, 2.75) is 45.9 Å². The highest BCUT2D eigenvalue weighted by Gasteiger charge is 2.13. The molecule has 0 fully saturated rings. The number of nitrogens with zero attached hydrogens (tertiary/aromatic N) is 4. The Morgan fingerprint density at radius 2 is 1.65 bits per heavy atom. The molecule has 4 rings (SSSR count). The Morgan fingerprint density at radius 1 is 0.968 bits per heavy atom. The van der Waals surface area contributed by atoms with Crippen LogP contribution in [0.3, 0.4) is 0 Å². The lowest BCUT2D eigenvalue weighted by Gasteiger charge is -2.08. The lowest BCUT2D eigenvalue weighted by atomic mass is 10.1. The summed E-state index contributed by atoms with van der Waals surface area (Å²) in [5.41, 5.74) is 3.97. The maximum atomic E-state index is 12.8. The number of imidazole rings is 2. The van der Waals surface area contributed by atoms with E-state index in [-0.39, 0.29) is 18.0 Å². The van der Waals surface area contributed by atoms with Crippen molar-refractivity contribution in [1.82, 2.24) is 24.0 Å². The second-order valence-corrected chi connectivity index (χ2v) is 7.65. The smallest absolute Gasteiger partial charge is 0.329 e. The van der Waals surface area contributed by atoms with Crippen molar-refractivity contribution in [3.63, 3.8) is 0 Å². The molecule has 2 aromatic carbocycles. The largest absolute Gasteiger partial charge is 0.352 e. The van der Waals surface area contributed by atoms with Crippen LogP contribution in [-0.4, -0.2) is 24.6 Å². The van der Waals surface area contributed by atoms with E-state index in [9.17, 15) is 9.59 Å². The van der Waals surface area contributed by atoms with Crippen LogP contribution in [0.4, 0.5) is 0 Å². The van der Waals surface area contributed by atoms with Crippen molar-refractivity contribution in [2.24, 2.45) is 0 Å². The summed E-state index contributed by atoms with van der Waals surface area (Å²) in [7, 11) is 0. The third kappa shape index (κ3) is 4.77. The van der Waals surface area contributed by atoms with Crippen LogP contribution in [-0.2, 0) is 31.0 Å². The summed E-state index contributed by atoms with van der Waals surface area (Å²) in [5, 5.41) is 2.96. The van der Waals surface area contributed by atoms with Gasteiger partial charge >= 0.3 is 5.69 Å². The molecular formula is C24H27N5O2. The molecule has 0 bridgehead atoms. The van der Waals surface area contributed by atoms with Gasteiger partial charge in [-0.3, -0.25) is 13.9 Å². The van der Waals surface area contributed by atoms with Gasteiger partial charge in [0.05, 0.1) is 17.4 Å². The van der Waals surface area contributed by atoms with Crippen LogP contribution in [0.1, 0.15) is 30.9 Å². The molecule has 0 aliphatic heterocycles. The minimum absolute atomic E-state index is 0.0515. The van der Waals surface area contributed by atoms with Crippen LogP contribution in [0.5, 0.6) is 0 Å². The molecule has 0 spiro atoms. The lowest BCUT2D eigenvalue weighted by Crippen LogP contribution is -2.28. The Labute approximate surface area is 181 Å². The van der Waals surface area contributed by atoms with E-state index in [1.807, 2.05) is 47.2 Å². The van der Waals surface area contributed by atoms with Gasteiger partial charge in [-0.2, -0.15) is 0 Å². The number of aryl methyl sites for hydroxylation is 2. The molecule has 1 amide bonds. The normalized spacial score (nSPS) is 11.1. The van der Waals surface area contributed by atoms with E-state index in [0.29, 0.717) is 19.6 Å². The highest BCUT2D eigenvalue weighted by molar-refractivity contribution is 5.78. The summed E-state index contributed by atoms with van der Waals surface area (Å²) < 4.78 is 5.50. The van der Waals surface area contributed by atoms with Gasteiger partial charge in [0, 0.05) is 45.0 Å². The Balaban J connectivity index is 1.34. The predicted molar refractivity (Wildman–Crippen MR) is 121 cm³/mol. The van der Waals surface area contributed by atoms with Gasteiger partial charge in [-0.1, -0.05) is 43.3 Å². The summed E-state index contributed by atoms with van der Waals surface area (Å²) in [5.74, 6) is -0.0679. The second-order valence-electron chi connectivity index (χ2n) is 7.65.